The molecule has 0 spiro atoms. The smallest absolute Gasteiger partial charge is 0.331 e. The monoisotopic (exact) mass is 242 g/mol. The minimum absolute atomic E-state index is 0.240. The molecule has 0 N–H and O–H groups in total. The Bertz CT molecular complexity index is 573. The van der Waals surface area contributed by atoms with E-state index in [9.17, 15) is 12.3 Å². The Labute approximate surface area is 93.8 Å². The number of hydrogen-bond acceptors (Lipinski definition) is 3. The normalized spacial score (nSPS) is 15.1. The number of rotatable bonds is 1. The van der Waals surface area contributed by atoms with Crippen molar-refractivity contribution in [2.24, 2.45) is 0 Å². The van der Waals surface area contributed by atoms with Gasteiger partial charge in [-0.3, -0.25) is 0 Å². The fourth-order valence-electron chi connectivity index (χ4n) is 1.62. The van der Waals surface area contributed by atoms with Crippen molar-refractivity contribution in [2.45, 2.75) is 13.8 Å². The van der Waals surface area contributed by atoms with Gasteiger partial charge in [0.05, 0.1) is 0 Å². The van der Waals surface area contributed by atoms with Gasteiger partial charge in [0.25, 0.3) is 0 Å². The van der Waals surface area contributed by atoms with Crippen LogP contribution in [0.4, 0.5) is 3.89 Å². The minimum atomic E-state index is -4.66. The lowest BCUT2D eigenvalue weighted by Crippen LogP contribution is -2.13. The van der Waals surface area contributed by atoms with E-state index in [-0.39, 0.29) is 11.5 Å². The first kappa shape index (κ1) is 11.1. The highest BCUT2D eigenvalue weighted by molar-refractivity contribution is 7.90. The molecule has 0 bridgehead atoms. The third kappa shape index (κ3) is 1.82. The third-order valence-corrected chi connectivity index (χ3v) is 3.56. The number of aryl methyl sites for hydroxylation is 1. The number of halogens is 1. The SMILES string of the molecule is Cc1ccc2c(c1C)OCC(S(=O)(=O)F)=C2. The summed E-state index contributed by atoms with van der Waals surface area (Å²) < 4.78 is 39.5. The van der Waals surface area contributed by atoms with Crippen molar-refractivity contribution in [1.29, 1.82) is 0 Å². The molecule has 0 atom stereocenters. The average molecular weight is 242 g/mol. The Hall–Kier alpha value is -1.36. The number of fused-ring (bicyclic) bond motifs is 1. The first-order valence-electron chi connectivity index (χ1n) is 4.78. The average Bonchev–Trinajstić information content (AvgIpc) is 2.22. The van der Waals surface area contributed by atoms with Crippen LogP contribution in [-0.2, 0) is 10.2 Å². The lowest BCUT2D eigenvalue weighted by Gasteiger charge is -2.18. The van der Waals surface area contributed by atoms with Gasteiger partial charge in [0.1, 0.15) is 17.3 Å². The Balaban J connectivity index is 2.59. The summed E-state index contributed by atoms with van der Waals surface area (Å²) in [6.07, 6.45) is 1.32. The van der Waals surface area contributed by atoms with Crippen LogP contribution in [-0.4, -0.2) is 15.0 Å². The Morgan fingerprint density at radius 3 is 2.62 bits per heavy atom. The molecule has 1 aromatic carbocycles. The molecule has 16 heavy (non-hydrogen) atoms. The van der Waals surface area contributed by atoms with Gasteiger partial charge in [-0.15, -0.1) is 3.89 Å². The number of benzene rings is 1. The summed E-state index contributed by atoms with van der Waals surface area (Å²) in [5.74, 6) is 0.632. The van der Waals surface area contributed by atoms with E-state index in [0.29, 0.717) is 11.3 Å². The van der Waals surface area contributed by atoms with E-state index in [0.717, 1.165) is 11.1 Å². The topological polar surface area (TPSA) is 43.4 Å². The molecule has 5 heteroatoms. The molecular formula is C11H11FO3S. The third-order valence-electron chi connectivity index (χ3n) is 2.70. The van der Waals surface area contributed by atoms with Crippen LogP contribution in [0, 0.1) is 13.8 Å². The van der Waals surface area contributed by atoms with Crippen LogP contribution >= 0.6 is 0 Å². The summed E-state index contributed by atoms with van der Waals surface area (Å²) in [5.41, 5.74) is 2.60. The minimum Gasteiger partial charge on any atom is -0.487 e. The van der Waals surface area contributed by atoms with E-state index >= 15 is 0 Å². The second-order valence-electron chi connectivity index (χ2n) is 3.76. The predicted octanol–water partition coefficient (Wildman–Crippen LogP) is 2.34. The molecule has 0 aliphatic carbocycles. The van der Waals surface area contributed by atoms with Crippen molar-refractivity contribution >= 4 is 16.3 Å². The van der Waals surface area contributed by atoms with Crippen LogP contribution in [0.15, 0.2) is 17.0 Å². The summed E-state index contributed by atoms with van der Waals surface area (Å²) in [6.45, 7) is 3.58. The van der Waals surface area contributed by atoms with Gasteiger partial charge in [0.15, 0.2) is 0 Å². The Kier molecular flexibility index (Phi) is 2.50. The van der Waals surface area contributed by atoms with Crippen molar-refractivity contribution in [3.63, 3.8) is 0 Å². The van der Waals surface area contributed by atoms with Gasteiger partial charge in [-0.1, -0.05) is 12.1 Å². The molecule has 0 aromatic heterocycles. The van der Waals surface area contributed by atoms with E-state index in [1.807, 2.05) is 19.9 Å². The van der Waals surface area contributed by atoms with Crippen LogP contribution in [0.1, 0.15) is 16.7 Å². The molecule has 0 saturated heterocycles. The maximum Gasteiger partial charge on any atom is 0.331 e. The molecule has 0 amide bonds. The van der Waals surface area contributed by atoms with Gasteiger partial charge in [-0.05, 0) is 31.1 Å². The van der Waals surface area contributed by atoms with Crippen molar-refractivity contribution in [3.05, 3.63) is 33.7 Å². The molecule has 1 aliphatic rings. The van der Waals surface area contributed by atoms with Crippen LogP contribution in [0.2, 0.25) is 0 Å². The van der Waals surface area contributed by atoms with Crippen LogP contribution in [0.5, 0.6) is 5.75 Å². The molecule has 0 fully saturated rings. The molecule has 86 valence electrons. The van der Waals surface area contributed by atoms with Gasteiger partial charge in [0, 0.05) is 5.56 Å². The standard InChI is InChI=1S/C11H11FO3S/c1-7-3-4-9-5-10(16(12,13)14)6-15-11(9)8(7)2/h3-5H,6H2,1-2H3. The fourth-order valence-corrected chi connectivity index (χ4v) is 2.08. The molecule has 1 aliphatic heterocycles. The van der Waals surface area contributed by atoms with E-state index in [2.05, 4.69) is 0 Å². The van der Waals surface area contributed by atoms with Crippen molar-refractivity contribution in [3.8, 4) is 5.75 Å². The second kappa shape index (κ2) is 3.59. The first-order chi connectivity index (χ1) is 7.39. The summed E-state index contributed by atoms with van der Waals surface area (Å²) in [7, 11) is -4.66. The molecule has 3 nitrogen and oxygen atoms in total. The Morgan fingerprint density at radius 2 is 2.00 bits per heavy atom. The fraction of sp³-hybridized carbons (Fsp3) is 0.273. The molecule has 0 unspecified atom stereocenters. The molecule has 1 aromatic rings. The lowest BCUT2D eigenvalue weighted by molar-refractivity contribution is 0.349. The molecule has 1 heterocycles. The van der Waals surface area contributed by atoms with Crippen LogP contribution in [0.25, 0.3) is 6.08 Å². The second-order valence-corrected chi connectivity index (χ2v) is 5.16. The van der Waals surface area contributed by atoms with Gasteiger partial charge >= 0.3 is 10.2 Å². The maximum atomic E-state index is 12.8. The molecule has 0 saturated carbocycles. The number of hydrogen-bond donors (Lipinski definition) is 0. The van der Waals surface area contributed by atoms with E-state index in [1.165, 1.54) is 6.08 Å². The number of ether oxygens (including phenoxy) is 1. The molecule has 0 radical (unpaired) electrons. The quantitative estimate of drug-likeness (QED) is 0.710. The summed E-state index contributed by atoms with van der Waals surface area (Å²) in [5, 5.41) is 0. The maximum absolute atomic E-state index is 12.8. The van der Waals surface area contributed by atoms with E-state index in [1.54, 1.807) is 6.07 Å². The summed E-state index contributed by atoms with van der Waals surface area (Å²) >= 11 is 0. The van der Waals surface area contributed by atoms with Gasteiger partial charge in [-0.2, -0.15) is 8.42 Å². The van der Waals surface area contributed by atoms with E-state index < -0.39 is 10.2 Å². The highest BCUT2D eigenvalue weighted by atomic mass is 32.3. The predicted molar refractivity (Wildman–Crippen MR) is 59.4 cm³/mol. The van der Waals surface area contributed by atoms with Crippen molar-refractivity contribution in [1.82, 2.24) is 0 Å². The van der Waals surface area contributed by atoms with Crippen LogP contribution in [0.3, 0.4) is 0 Å². The van der Waals surface area contributed by atoms with E-state index in [4.69, 9.17) is 4.74 Å². The Morgan fingerprint density at radius 1 is 1.31 bits per heavy atom. The highest BCUT2D eigenvalue weighted by Gasteiger charge is 2.23. The molecular weight excluding hydrogens is 231 g/mol. The lowest BCUT2D eigenvalue weighted by atomic mass is 10.0. The summed E-state index contributed by atoms with van der Waals surface area (Å²) in [4.78, 5) is -0.330. The zero-order valence-electron chi connectivity index (χ0n) is 8.95. The summed E-state index contributed by atoms with van der Waals surface area (Å²) in [6, 6.07) is 3.57. The van der Waals surface area contributed by atoms with Gasteiger partial charge in [0.2, 0.25) is 0 Å². The van der Waals surface area contributed by atoms with Crippen molar-refractivity contribution in [2.75, 3.05) is 6.61 Å². The first-order valence-corrected chi connectivity index (χ1v) is 6.16. The largest absolute Gasteiger partial charge is 0.487 e. The molecule has 2 rings (SSSR count). The van der Waals surface area contributed by atoms with Crippen molar-refractivity contribution < 1.29 is 17.0 Å². The van der Waals surface area contributed by atoms with Crippen LogP contribution < -0.4 is 4.74 Å². The van der Waals surface area contributed by atoms with Gasteiger partial charge in [-0.25, -0.2) is 0 Å². The zero-order valence-corrected chi connectivity index (χ0v) is 9.77. The zero-order chi connectivity index (χ0) is 11.9. The highest BCUT2D eigenvalue weighted by Crippen LogP contribution is 2.33. The van der Waals surface area contributed by atoms with Gasteiger partial charge < -0.3 is 4.74 Å².